The lowest BCUT2D eigenvalue weighted by Gasteiger charge is -2.26. The Bertz CT molecular complexity index is 463. The third kappa shape index (κ3) is 3.39. The van der Waals surface area contributed by atoms with Gasteiger partial charge in [-0.05, 0) is 30.7 Å². The molecule has 0 unspecified atom stereocenters. The maximum atomic E-state index is 12.2. The predicted octanol–water partition coefficient (Wildman–Crippen LogP) is 2.78. The highest BCUT2D eigenvalue weighted by Gasteiger charge is 2.43. The first-order valence-corrected chi connectivity index (χ1v) is 7.91. The number of carboxylic acids is 1. The van der Waals surface area contributed by atoms with Gasteiger partial charge in [-0.15, -0.1) is 11.3 Å². The van der Waals surface area contributed by atoms with Crippen LogP contribution in [-0.4, -0.2) is 35.5 Å². The predicted molar refractivity (Wildman–Crippen MR) is 78.8 cm³/mol. The van der Waals surface area contributed by atoms with E-state index in [-0.39, 0.29) is 12.3 Å². The Kier molecular flexibility index (Phi) is 4.81. The molecule has 1 aliphatic carbocycles. The van der Waals surface area contributed by atoms with Gasteiger partial charge in [0.05, 0.1) is 5.41 Å². The molecule has 20 heavy (non-hydrogen) atoms. The van der Waals surface area contributed by atoms with Crippen LogP contribution >= 0.6 is 11.3 Å². The van der Waals surface area contributed by atoms with Crippen LogP contribution in [0.15, 0.2) is 17.5 Å². The van der Waals surface area contributed by atoms with E-state index in [1.54, 1.807) is 23.3 Å². The van der Waals surface area contributed by atoms with Crippen molar-refractivity contribution in [2.45, 2.75) is 38.5 Å². The fourth-order valence-electron chi connectivity index (χ4n) is 2.80. The topological polar surface area (TPSA) is 57.6 Å². The fraction of sp³-hybridized carbons (Fsp3) is 0.600. The summed E-state index contributed by atoms with van der Waals surface area (Å²) in [5.41, 5.74) is -0.811. The molecule has 0 aromatic carbocycles. The second-order valence-corrected chi connectivity index (χ2v) is 6.65. The molecule has 0 saturated heterocycles. The second kappa shape index (κ2) is 6.39. The lowest BCUT2D eigenvalue weighted by atomic mass is 9.82. The van der Waals surface area contributed by atoms with Crippen molar-refractivity contribution < 1.29 is 14.7 Å². The van der Waals surface area contributed by atoms with E-state index >= 15 is 0 Å². The number of carboxylic acid groups (broad SMARTS) is 1. The van der Waals surface area contributed by atoms with E-state index in [9.17, 15) is 14.7 Å². The minimum Gasteiger partial charge on any atom is -0.481 e. The number of carbonyl (C=O) groups is 2. The molecule has 1 saturated carbocycles. The number of aliphatic carboxylic acids is 1. The third-order valence-electron chi connectivity index (χ3n) is 4.20. The summed E-state index contributed by atoms with van der Waals surface area (Å²) >= 11 is 1.68. The summed E-state index contributed by atoms with van der Waals surface area (Å²) in [6.07, 6.45) is 4.07. The van der Waals surface area contributed by atoms with Crippen LogP contribution in [0.3, 0.4) is 0 Å². The first-order valence-electron chi connectivity index (χ1n) is 7.03. The van der Waals surface area contributed by atoms with Crippen molar-refractivity contribution in [2.75, 3.05) is 13.6 Å². The first-order chi connectivity index (χ1) is 9.53. The average molecular weight is 295 g/mol. The van der Waals surface area contributed by atoms with E-state index in [1.165, 1.54) is 4.88 Å². The maximum absolute atomic E-state index is 12.2. The highest BCUT2D eigenvalue weighted by Crippen LogP contribution is 2.41. The van der Waals surface area contributed by atoms with E-state index in [1.807, 2.05) is 11.4 Å². The van der Waals surface area contributed by atoms with Gasteiger partial charge in [-0.1, -0.05) is 18.9 Å². The van der Waals surface area contributed by atoms with Crippen molar-refractivity contribution in [1.82, 2.24) is 4.90 Å². The second-order valence-electron chi connectivity index (χ2n) is 5.61. The van der Waals surface area contributed by atoms with Crippen LogP contribution in [0, 0.1) is 5.41 Å². The van der Waals surface area contributed by atoms with E-state index in [4.69, 9.17) is 0 Å². The van der Waals surface area contributed by atoms with Crippen LogP contribution in [0.25, 0.3) is 0 Å². The quantitative estimate of drug-likeness (QED) is 0.878. The lowest BCUT2D eigenvalue weighted by Crippen LogP contribution is -2.37. The molecule has 1 aromatic rings. The molecule has 1 aromatic heterocycles. The van der Waals surface area contributed by atoms with E-state index in [0.29, 0.717) is 19.4 Å². The normalized spacial score (nSPS) is 17.1. The first kappa shape index (κ1) is 15.0. The summed E-state index contributed by atoms with van der Waals surface area (Å²) in [7, 11) is 1.76. The highest BCUT2D eigenvalue weighted by molar-refractivity contribution is 7.09. The van der Waals surface area contributed by atoms with Crippen molar-refractivity contribution >= 4 is 23.2 Å². The summed E-state index contributed by atoms with van der Waals surface area (Å²) in [4.78, 5) is 26.6. The smallest absolute Gasteiger partial charge is 0.310 e. The number of carbonyl (C=O) groups excluding carboxylic acids is 1. The Hall–Kier alpha value is -1.36. The minimum atomic E-state index is -0.811. The van der Waals surface area contributed by atoms with Crippen LogP contribution in [0.2, 0.25) is 0 Å². The molecule has 0 radical (unpaired) electrons. The van der Waals surface area contributed by atoms with Crippen molar-refractivity contribution in [3.63, 3.8) is 0 Å². The summed E-state index contributed by atoms with van der Waals surface area (Å²) in [5, 5.41) is 11.4. The van der Waals surface area contributed by atoms with E-state index in [0.717, 1.165) is 19.3 Å². The van der Waals surface area contributed by atoms with Gasteiger partial charge in [0.15, 0.2) is 0 Å². The van der Waals surface area contributed by atoms with E-state index in [2.05, 4.69) is 6.07 Å². The van der Waals surface area contributed by atoms with Gasteiger partial charge in [-0.2, -0.15) is 0 Å². The molecular formula is C15H21NO3S. The number of thiophene rings is 1. The molecule has 1 heterocycles. The molecule has 1 aliphatic rings. The fourth-order valence-corrected chi connectivity index (χ4v) is 3.50. The Morgan fingerprint density at radius 2 is 2.10 bits per heavy atom. The molecule has 5 heteroatoms. The summed E-state index contributed by atoms with van der Waals surface area (Å²) in [6, 6.07) is 4.05. The zero-order chi connectivity index (χ0) is 14.6. The molecule has 2 rings (SSSR count). The molecule has 4 nitrogen and oxygen atoms in total. The van der Waals surface area contributed by atoms with Gasteiger partial charge < -0.3 is 10.0 Å². The van der Waals surface area contributed by atoms with Crippen molar-refractivity contribution in [2.24, 2.45) is 5.41 Å². The zero-order valence-electron chi connectivity index (χ0n) is 11.8. The SMILES string of the molecule is CN(CCc1cccs1)C(=O)CC1(C(=O)O)CCCC1. The number of amides is 1. The largest absolute Gasteiger partial charge is 0.481 e. The Morgan fingerprint density at radius 3 is 2.65 bits per heavy atom. The molecule has 110 valence electrons. The molecule has 0 aliphatic heterocycles. The van der Waals surface area contributed by atoms with Crippen LogP contribution in [0.4, 0.5) is 0 Å². The number of hydrogen-bond acceptors (Lipinski definition) is 3. The molecule has 1 amide bonds. The third-order valence-corrected chi connectivity index (χ3v) is 5.14. The lowest BCUT2D eigenvalue weighted by molar-refractivity contribution is -0.153. The average Bonchev–Trinajstić information content (AvgIpc) is 3.07. The molecule has 1 N–H and O–H groups in total. The van der Waals surface area contributed by atoms with E-state index < -0.39 is 11.4 Å². The number of likely N-dealkylation sites (N-methyl/N-ethyl adjacent to an activating group) is 1. The van der Waals surface area contributed by atoms with Crippen LogP contribution in [-0.2, 0) is 16.0 Å². The molecule has 1 fully saturated rings. The molecule has 0 bridgehead atoms. The van der Waals surface area contributed by atoms with Gasteiger partial charge in [0.2, 0.25) is 5.91 Å². The summed E-state index contributed by atoms with van der Waals surface area (Å²) in [6.45, 7) is 0.648. The molecule has 0 spiro atoms. The Morgan fingerprint density at radius 1 is 1.40 bits per heavy atom. The highest BCUT2D eigenvalue weighted by atomic mass is 32.1. The monoisotopic (exact) mass is 295 g/mol. The van der Waals surface area contributed by atoms with Crippen molar-refractivity contribution in [3.05, 3.63) is 22.4 Å². The standard InChI is InChI=1S/C15H21NO3S/c1-16(9-6-12-5-4-10-20-12)13(17)11-15(14(18)19)7-2-3-8-15/h4-5,10H,2-3,6-9,11H2,1H3,(H,18,19). The van der Waals surface area contributed by atoms with Gasteiger partial charge in [0.25, 0.3) is 0 Å². The van der Waals surface area contributed by atoms with Crippen LogP contribution in [0.1, 0.15) is 37.0 Å². The molecule has 0 atom stereocenters. The van der Waals surface area contributed by atoms with Gasteiger partial charge in [0, 0.05) is 24.9 Å². The number of nitrogens with zero attached hydrogens (tertiary/aromatic N) is 1. The van der Waals surface area contributed by atoms with Crippen molar-refractivity contribution in [3.8, 4) is 0 Å². The Balaban J connectivity index is 1.88. The minimum absolute atomic E-state index is 0.0501. The van der Waals surface area contributed by atoms with Crippen LogP contribution < -0.4 is 0 Å². The van der Waals surface area contributed by atoms with Crippen LogP contribution in [0.5, 0.6) is 0 Å². The van der Waals surface area contributed by atoms with Gasteiger partial charge in [-0.25, -0.2) is 0 Å². The summed E-state index contributed by atoms with van der Waals surface area (Å²) in [5.74, 6) is -0.860. The maximum Gasteiger partial charge on any atom is 0.310 e. The molecular weight excluding hydrogens is 274 g/mol. The van der Waals surface area contributed by atoms with Gasteiger partial charge >= 0.3 is 5.97 Å². The Labute approximate surface area is 123 Å². The van der Waals surface area contributed by atoms with Gasteiger partial charge in [-0.3, -0.25) is 9.59 Å². The van der Waals surface area contributed by atoms with Gasteiger partial charge in [0.1, 0.15) is 0 Å². The number of hydrogen-bond donors (Lipinski definition) is 1. The van der Waals surface area contributed by atoms with Crippen molar-refractivity contribution in [1.29, 1.82) is 0 Å². The summed E-state index contributed by atoms with van der Waals surface area (Å²) < 4.78 is 0. The number of rotatable bonds is 6. The zero-order valence-corrected chi connectivity index (χ0v) is 12.6.